The molecule has 2 N–H and O–H groups in total. The van der Waals surface area contributed by atoms with Crippen LogP contribution in [-0.4, -0.2) is 20.2 Å². The lowest BCUT2D eigenvalue weighted by Crippen LogP contribution is -2.14. The van der Waals surface area contributed by atoms with Gasteiger partial charge in [-0.25, -0.2) is 17.2 Å². The molecule has 0 aliphatic carbocycles. The number of carbonyl (C=O) groups excluding carboxylic acids is 2. The van der Waals surface area contributed by atoms with Crippen molar-refractivity contribution in [1.29, 1.82) is 0 Å². The van der Waals surface area contributed by atoms with Gasteiger partial charge in [-0.3, -0.25) is 9.59 Å². The van der Waals surface area contributed by atoms with Gasteiger partial charge in [-0.15, -0.1) is 0 Å². The van der Waals surface area contributed by atoms with Crippen molar-refractivity contribution in [2.45, 2.75) is 9.79 Å². The van der Waals surface area contributed by atoms with Crippen molar-refractivity contribution < 1.29 is 26.8 Å². The normalized spacial score (nSPS) is 11.0. The van der Waals surface area contributed by atoms with E-state index in [0.717, 1.165) is 0 Å². The highest BCUT2D eigenvalue weighted by atomic mass is 32.2. The Morgan fingerprint density at radius 3 is 1.23 bits per heavy atom. The van der Waals surface area contributed by atoms with Crippen LogP contribution in [0.5, 0.6) is 0 Å². The molecule has 0 heterocycles. The molecular weight excluding hydrogens is 474 g/mol. The molecule has 0 aliphatic rings. The Labute approximate surface area is 200 Å². The van der Waals surface area contributed by atoms with Gasteiger partial charge in [0.15, 0.2) is 0 Å². The molecule has 6 nitrogen and oxygen atoms in total. The predicted molar refractivity (Wildman–Crippen MR) is 127 cm³/mol. The number of hydrogen-bond acceptors (Lipinski definition) is 4. The highest BCUT2D eigenvalue weighted by Crippen LogP contribution is 2.24. The van der Waals surface area contributed by atoms with E-state index in [1.165, 1.54) is 97.1 Å². The predicted octanol–water partition coefficient (Wildman–Crippen LogP) is 5.30. The van der Waals surface area contributed by atoms with Crippen LogP contribution in [0, 0.1) is 11.6 Å². The summed E-state index contributed by atoms with van der Waals surface area (Å²) in [6.07, 6.45) is 0. The monoisotopic (exact) mass is 492 g/mol. The number of sulfone groups is 1. The fourth-order valence-electron chi connectivity index (χ4n) is 3.26. The first-order valence-electron chi connectivity index (χ1n) is 10.3. The van der Waals surface area contributed by atoms with E-state index in [2.05, 4.69) is 10.6 Å². The zero-order valence-corrected chi connectivity index (χ0v) is 18.9. The van der Waals surface area contributed by atoms with Gasteiger partial charge in [0, 0.05) is 11.4 Å². The van der Waals surface area contributed by atoms with Crippen LogP contribution in [0.3, 0.4) is 0 Å². The first-order valence-corrected chi connectivity index (χ1v) is 11.8. The minimum atomic E-state index is -3.89. The number of nitrogens with one attached hydrogen (secondary N) is 2. The summed E-state index contributed by atoms with van der Waals surface area (Å²) in [5, 5.41) is 5.04. The van der Waals surface area contributed by atoms with Crippen LogP contribution >= 0.6 is 0 Å². The Bertz CT molecular complexity index is 1390. The molecule has 0 fully saturated rings. The number of carbonyl (C=O) groups is 2. The summed E-state index contributed by atoms with van der Waals surface area (Å²) >= 11 is 0. The maximum atomic E-state index is 13.8. The van der Waals surface area contributed by atoms with E-state index in [-0.39, 0.29) is 20.9 Å². The average Bonchev–Trinajstić information content (AvgIpc) is 2.85. The average molecular weight is 493 g/mol. The Hall–Kier alpha value is -4.37. The Kier molecular flexibility index (Phi) is 6.70. The van der Waals surface area contributed by atoms with Gasteiger partial charge in [-0.1, -0.05) is 24.3 Å². The number of halogens is 2. The van der Waals surface area contributed by atoms with Crippen molar-refractivity contribution in [2.75, 3.05) is 10.6 Å². The standard InChI is InChI=1S/C26H18F2N2O4S/c27-23-7-3-1-5-21(23)25(31)29-17-9-13-19(14-10-17)35(33,34)20-15-11-18(12-16-20)30-26(32)22-6-2-4-8-24(22)28/h1-16H,(H,29,31)(H,30,32). The Morgan fingerprint density at radius 1 is 0.543 bits per heavy atom. The highest BCUT2D eigenvalue weighted by Gasteiger charge is 2.19. The quantitative estimate of drug-likeness (QED) is 0.382. The maximum absolute atomic E-state index is 13.8. The van der Waals surface area contributed by atoms with Crippen LogP contribution in [0.15, 0.2) is 107 Å². The highest BCUT2D eigenvalue weighted by molar-refractivity contribution is 7.91. The van der Waals surface area contributed by atoms with Crippen LogP contribution in [0.25, 0.3) is 0 Å². The summed E-state index contributed by atoms with van der Waals surface area (Å²) in [4.78, 5) is 24.4. The molecule has 0 saturated carbocycles. The molecule has 0 aliphatic heterocycles. The second-order valence-corrected chi connectivity index (χ2v) is 9.37. The molecule has 0 aromatic heterocycles. The summed E-state index contributed by atoms with van der Waals surface area (Å²) in [6.45, 7) is 0. The minimum Gasteiger partial charge on any atom is -0.322 e. The molecular formula is C26H18F2N2O4S. The zero-order chi connectivity index (χ0) is 25.0. The van der Waals surface area contributed by atoms with Crippen LogP contribution in [-0.2, 0) is 9.84 Å². The largest absolute Gasteiger partial charge is 0.322 e. The minimum absolute atomic E-state index is 0.0236. The number of anilines is 2. The van der Waals surface area contributed by atoms with Crippen LogP contribution in [0.1, 0.15) is 20.7 Å². The number of hydrogen-bond donors (Lipinski definition) is 2. The van der Waals surface area contributed by atoms with Gasteiger partial charge in [0.2, 0.25) is 9.84 Å². The van der Waals surface area contributed by atoms with Crippen molar-refractivity contribution in [3.05, 3.63) is 120 Å². The van der Waals surface area contributed by atoms with Crippen molar-refractivity contribution in [2.24, 2.45) is 0 Å². The van der Waals surface area contributed by atoms with Gasteiger partial charge in [0.1, 0.15) is 11.6 Å². The zero-order valence-electron chi connectivity index (χ0n) is 18.0. The van der Waals surface area contributed by atoms with Crippen LogP contribution < -0.4 is 10.6 Å². The summed E-state index contributed by atoms with van der Waals surface area (Å²) in [5.41, 5.74) is 0.324. The van der Waals surface area contributed by atoms with Crippen molar-refractivity contribution >= 4 is 33.0 Å². The molecule has 0 saturated heterocycles. The molecule has 9 heteroatoms. The van der Waals surface area contributed by atoms with Gasteiger partial charge in [0.25, 0.3) is 11.8 Å². The third kappa shape index (κ3) is 5.25. The van der Waals surface area contributed by atoms with Gasteiger partial charge in [-0.05, 0) is 72.8 Å². The van der Waals surface area contributed by atoms with Crippen molar-refractivity contribution in [1.82, 2.24) is 0 Å². The molecule has 4 aromatic carbocycles. The summed E-state index contributed by atoms with van der Waals surface area (Å²) in [5.74, 6) is -2.66. The molecule has 35 heavy (non-hydrogen) atoms. The van der Waals surface area contributed by atoms with E-state index in [9.17, 15) is 26.8 Å². The number of rotatable bonds is 6. The lowest BCUT2D eigenvalue weighted by atomic mass is 10.2. The second-order valence-electron chi connectivity index (χ2n) is 7.42. The van der Waals surface area contributed by atoms with E-state index < -0.39 is 33.3 Å². The Morgan fingerprint density at radius 2 is 0.886 bits per heavy atom. The van der Waals surface area contributed by atoms with E-state index >= 15 is 0 Å². The summed E-state index contributed by atoms with van der Waals surface area (Å²) < 4.78 is 53.5. The van der Waals surface area contributed by atoms with Gasteiger partial charge >= 0.3 is 0 Å². The molecule has 0 spiro atoms. The van der Waals surface area contributed by atoms with Crippen molar-refractivity contribution in [3.63, 3.8) is 0 Å². The van der Waals surface area contributed by atoms with Crippen LogP contribution in [0.2, 0.25) is 0 Å². The summed E-state index contributed by atoms with van der Waals surface area (Å²) in [7, 11) is -3.89. The third-order valence-corrected chi connectivity index (χ3v) is 6.87. The van der Waals surface area contributed by atoms with E-state index in [4.69, 9.17) is 0 Å². The second kappa shape index (κ2) is 9.86. The number of benzene rings is 4. The topological polar surface area (TPSA) is 92.3 Å². The Balaban J connectivity index is 1.46. The first-order chi connectivity index (χ1) is 16.8. The smallest absolute Gasteiger partial charge is 0.258 e. The summed E-state index contributed by atoms with van der Waals surface area (Å²) in [6, 6.07) is 21.9. The van der Waals surface area contributed by atoms with Gasteiger partial charge in [0.05, 0.1) is 20.9 Å². The lowest BCUT2D eigenvalue weighted by molar-refractivity contribution is 0.101. The fraction of sp³-hybridized carbons (Fsp3) is 0. The molecule has 4 aromatic rings. The van der Waals surface area contributed by atoms with Crippen LogP contribution in [0.4, 0.5) is 20.2 Å². The maximum Gasteiger partial charge on any atom is 0.258 e. The van der Waals surface area contributed by atoms with E-state index in [0.29, 0.717) is 11.4 Å². The van der Waals surface area contributed by atoms with Gasteiger partial charge in [-0.2, -0.15) is 0 Å². The van der Waals surface area contributed by atoms with E-state index in [1.54, 1.807) is 0 Å². The SMILES string of the molecule is O=C(Nc1ccc(S(=O)(=O)c2ccc(NC(=O)c3ccccc3F)cc2)cc1)c1ccccc1F. The molecule has 0 bridgehead atoms. The van der Waals surface area contributed by atoms with Gasteiger partial charge < -0.3 is 10.6 Å². The van der Waals surface area contributed by atoms with E-state index in [1.807, 2.05) is 0 Å². The third-order valence-electron chi connectivity index (χ3n) is 5.08. The molecule has 4 rings (SSSR count). The lowest BCUT2D eigenvalue weighted by Gasteiger charge is -2.10. The molecule has 0 atom stereocenters. The first kappa shape index (κ1) is 23.8. The molecule has 2 amide bonds. The molecule has 0 radical (unpaired) electrons. The number of amides is 2. The van der Waals surface area contributed by atoms with Crippen molar-refractivity contribution in [3.8, 4) is 0 Å². The molecule has 176 valence electrons. The fourth-order valence-corrected chi connectivity index (χ4v) is 4.52. The molecule has 0 unspecified atom stereocenters.